The number of carbonyl (C=O) groups is 1. The van der Waals surface area contributed by atoms with E-state index in [2.05, 4.69) is 11.7 Å². The first kappa shape index (κ1) is 10.9. The number of ether oxygens (including phenoxy) is 1. The largest absolute Gasteiger partial charge is 0.461 e. The minimum absolute atomic E-state index is 0.345. The molecule has 0 saturated carbocycles. The minimum Gasteiger partial charge on any atom is -0.461 e. The zero-order valence-electron chi connectivity index (χ0n) is 9.75. The number of esters is 1. The maximum Gasteiger partial charge on any atom is 0.359 e. The van der Waals surface area contributed by atoms with Gasteiger partial charge in [0.25, 0.3) is 0 Å². The van der Waals surface area contributed by atoms with Gasteiger partial charge in [0.05, 0.1) is 6.61 Å². The Morgan fingerprint density at radius 1 is 1.62 bits per heavy atom. The predicted molar refractivity (Wildman–Crippen MR) is 61.2 cm³/mol. The first-order chi connectivity index (χ1) is 7.65. The molecule has 4 nitrogen and oxygen atoms in total. The number of carbonyl (C=O) groups excluding carboxylic acids is 1. The van der Waals surface area contributed by atoms with Crippen LogP contribution in [0.4, 0.5) is 0 Å². The van der Waals surface area contributed by atoms with Crippen molar-refractivity contribution in [3.63, 3.8) is 0 Å². The molecule has 0 fully saturated rings. The zero-order valence-corrected chi connectivity index (χ0v) is 9.75. The molecule has 4 heteroatoms. The number of nitrogens with zero attached hydrogens (tertiary/aromatic N) is 2. The number of rotatable bonds is 3. The number of aryl methyl sites for hydroxylation is 1. The van der Waals surface area contributed by atoms with Crippen LogP contribution >= 0.6 is 0 Å². The van der Waals surface area contributed by atoms with Gasteiger partial charge in [0, 0.05) is 17.8 Å². The molecule has 1 aromatic rings. The Bertz CT molecular complexity index is 446. The topological polar surface area (TPSA) is 44.1 Å². The predicted octanol–water partition coefficient (Wildman–Crippen LogP) is 2.04. The van der Waals surface area contributed by atoms with Crippen molar-refractivity contribution >= 4 is 11.5 Å². The maximum absolute atomic E-state index is 11.7. The summed E-state index contributed by atoms with van der Waals surface area (Å²) in [4.78, 5) is 11.7. The summed E-state index contributed by atoms with van der Waals surface area (Å²) in [6, 6.07) is 0. The molecular formula is C12H16N2O2. The van der Waals surface area contributed by atoms with E-state index < -0.39 is 0 Å². The van der Waals surface area contributed by atoms with Gasteiger partial charge in [0.15, 0.2) is 5.69 Å². The average Bonchev–Trinajstić information content (AvgIpc) is 2.74. The summed E-state index contributed by atoms with van der Waals surface area (Å²) in [5, 5.41) is 4.31. The fourth-order valence-electron chi connectivity index (χ4n) is 2.12. The van der Waals surface area contributed by atoms with Crippen molar-refractivity contribution in [1.29, 1.82) is 0 Å². The first-order valence-corrected chi connectivity index (χ1v) is 5.57. The van der Waals surface area contributed by atoms with Crippen LogP contribution in [0, 0.1) is 0 Å². The standard InChI is InChI=1S/C12H16N2O2/c1-4-16-12(15)11-10(8(2)3)9-6-5-7-14(9)13-11/h2,4-7H2,1,3H3. The molecule has 0 aliphatic carbocycles. The van der Waals surface area contributed by atoms with Crippen LogP contribution < -0.4 is 0 Å². The third-order valence-electron chi connectivity index (χ3n) is 2.74. The van der Waals surface area contributed by atoms with Gasteiger partial charge in [-0.15, -0.1) is 0 Å². The molecule has 0 bridgehead atoms. The lowest BCUT2D eigenvalue weighted by molar-refractivity contribution is 0.0518. The van der Waals surface area contributed by atoms with E-state index in [4.69, 9.17) is 4.74 Å². The lowest BCUT2D eigenvalue weighted by Gasteiger charge is -2.03. The van der Waals surface area contributed by atoms with Gasteiger partial charge in [-0.3, -0.25) is 4.68 Å². The lowest BCUT2D eigenvalue weighted by Crippen LogP contribution is -2.08. The smallest absolute Gasteiger partial charge is 0.359 e. The van der Waals surface area contributed by atoms with E-state index in [9.17, 15) is 4.79 Å². The van der Waals surface area contributed by atoms with E-state index in [1.807, 2.05) is 11.6 Å². The van der Waals surface area contributed by atoms with Crippen LogP contribution in [0.3, 0.4) is 0 Å². The molecule has 1 aliphatic rings. The Morgan fingerprint density at radius 3 is 3.00 bits per heavy atom. The fourth-order valence-corrected chi connectivity index (χ4v) is 2.12. The van der Waals surface area contributed by atoms with E-state index in [1.165, 1.54) is 0 Å². The van der Waals surface area contributed by atoms with Gasteiger partial charge < -0.3 is 4.74 Å². The fraction of sp³-hybridized carbons (Fsp3) is 0.500. The molecule has 0 radical (unpaired) electrons. The number of allylic oxidation sites excluding steroid dienone is 1. The monoisotopic (exact) mass is 220 g/mol. The van der Waals surface area contributed by atoms with Crippen LogP contribution in [-0.2, 0) is 17.7 Å². The Labute approximate surface area is 94.9 Å². The second kappa shape index (κ2) is 4.12. The summed E-state index contributed by atoms with van der Waals surface area (Å²) in [5.74, 6) is -0.345. The molecule has 2 rings (SSSR count). The van der Waals surface area contributed by atoms with Crippen LogP contribution in [0.5, 0.6) is 0 Å². The molecule has 86 valence electrons. The molecular weight excluding hydrogens is 204 g/mol. The summed E-state index contributed by atoms with van der Waals surface area (Å²) in [6.45, 7) is 8.87. The highest BCUT2D eigenvalue weighted by molar-refractivity contribution is 5.93. The number of aromatic nitrogens is 2. The second-order valence-electron chi connectivity index (χ2n) is 4.00. The summed E-state index contributed by atoms with van der Waals surface area (Å²) in [5.41, 5.74) is 3.31. The maximum atomic E-state index is 11.7. The average molecular weight is 220 g/mol. The molecule has 0 amide bonds. The Balaban J connectivity index is 2.46. The number of hydrogen-bond acceptors (Lipinski definition) is 3. The van der Waals surface area contributed by atoms with Crippen molar-refractivity contribution in [3.05, 3.63) is 23.5 Å². The third kappa shape index (κ3) is 1.64. The van der Waals surface area contributed by atoms with Crippen molar-refractivity contribution in [2.75, 3.05) is 6.61 Å². The van der Waals surface area contributed by atoms with Crippen LogP contribution in [0.25, 0.3) is 5.57 Å². The van der Waals surface area contributed by atoms with E-state index in [-0.39, 0.29) is 5.97 Å². The Hall–Kier alpha value is -1.58. The van der Waals surface area contributed by atoms with Crippen molar-refractivity contribution in [1.82, 2.24) is 9.78 Å². The van der Waals surface area contributed by atoms with Gasteiger partial charge in [-0.1, -0.05) is 6.58 Å². The number of fused-ring (bicyclic) bond motifs is 1. The number of hydrogen-bond donors (Lipinski definition) is 0. The van der Waals surface area contributed by atoms with Gasteiger partial charge in [-0.2, -0.15) is 5.10 Å². The van der Waals surface area contributed by atoms with Gasteiger partial charge >= 0.3 is 5.97 Å². The third-order valence-corrected chi connectivity index (χ3v) is 2.74. The van der Waals surface area contributed by atoms with E-state index in [1.54, 1.807) is 6.92 Å². The summed E-state index contributed by atoms with van der Waals surface area (Å²) >= 11 is 0. The van der Waals surface area contributed by atoms with Gasteiger partial charge in [0.2, 0.25) is 0 Å². The second-order valence-corrected chi connectivity index (χ2v) is 4.00. The molecule has 16 heavy (non-hydrogen) atoms. The van der Waals surface area contributed by atoms with Crippen LogP contribution in [-0.4, -0.2) is 22.4 Å². The van der Waals surface area contributed by atoms with Crippen molar-refractivity contribution in [2.45, 2.75) is 33.2 Å². The highest BCUT2D eigenvalue weighted by atomic mass is 16.5. The van der Waals surface area contributed by atoms with E-state index >= 15 is 0 Å². The zero-order chi connectivity index (χ0) is 11.7. The van der Waals surface area contributed by atoms with E-state index in [0.29, 0.717) is 12.3 Å². The molecule has 0 N–H and O–H groups in total. The van der Waals surface area contributed by atoms with Gasteiger partial charge in [-0.25, -0.2) is 4.79 Å². The first-order valence-electron chi connectivity index (χ1n) is 5.57. The summed E-state index contributed by atoms with van der Waals surface area (Å²) < 4.78 is 6.90. The van der Waals surface area contributed by atoms with Crippen LogP contribution in [0.2, 0.25) is 0 Å². The van der Waals surface area contributed by atoms with Crippen LogP contribution in [0.1, 0.15) is 42.0 Å². The Kier molecular flexibility index (Phi) is 2.81. The molecule has 1 aliphatic heterocycles. The molecule has 0 spiro atoms. The highest BCUT2D eigenvalue weighted by Crippen LogP contribution is 2.27. The highest BCUT2D eigenvalue weighted by Gasteiger charge is 2.26. The molecule has 1 aromatic heterocycles. The normalized spacial score (nSPS) is 13.6. The molecule has 0 atom stereocenters. The Morgan fingerprint density at radius 2 is 2.38 bits per heavy atom. The SMILES string of the molecule is C=C(C)c1c(C(=O)OCC)nn2c1CCC2. The molecule has 2 heterocycles. The van der Waals surface area contributed by atoms with Crippen molar-refractivity contribution in [3.8, 4) is 0 Å². The van der Waals surface area contributed by atoms with Gasteiger partial charge in [-0.05, 0) is 32.3 Å². The van der Waals surface area contributed by atoms with Crippen molar-refractivity contribution < 1.29 is 9.53 Å². The lowest BCUT2D eigenvalue weighted by atomic mass is 10.0. The van der Waals surface area contributed by atoms with Gasteiger partial charge in [0.1, 0.15) is 0 Å². The minimum atomic E-state index is -0.345. The summed E-state index contributed by atoms with van der Waals surface area (Å²) in [7, 11) is 0. The summed E-state index contributed by atoms with van der Waals surface area (Å²) in [6.07, 6.45) is 2.06. The molecule has 0 aromatic carbocycles. The molecule has 0 saturated heterocycles. The molecule has 0 unspecified atom stereocenters. The van der Waals surface area contributed by atoms with Crippen LogP contribution in [0.15, 0.2) is 6.58 Å². The quantitative estimate of drug-likeness (QED) is 0.732. The van der Waals surface area contributed by atoms with Crippen molar-refractivity contribution in [2.24, 2.45) is 0 Å². The van der Waals surface area contributed by atoms with E-state index in [0.717, 1.165) is 36.2 Å².